The molecule has 0 aromatic heterocycles. The third-order valence-electron chi connectivity index (χ3n) is 3.01. The lowest BCUT2D eigenvalue weighted by molar-refractivity contribution is 0.0428. The van der Waals surface area contributed by atoms with Crippen LogP contribution in [0, 0.1) is 11.7 Å². The number of halogens is 1. The van der Waals surface area contributed by atoms with E-state index in [0.29, 0.717) is 12.3 Å². The first-order valence-electron chi connectivity index (χ1n) is 6.57. The number of aliphatic hydroxyl groups is 1. The Labute approximate surface area is 113 Å². The Morgan fingerprint density at radius 1 is 1.42 bits per heavy atom. The molecule has 0 aliphatic carbocycles. The van der Waals surface area contributed by atoms with E-state index >= 15 is 0 Å². The zero-order valence-electron chi connectivity index (χ0n) is 11.7. The molecule has 0 saturated carbocycles. The van der Waals surface area contributed by atoms with Crippen molar-refractivity contribution in [2.45, 2.75) is 39.2 Å². The molecule has 3 nitrogen and oxygen atoms in total. The van der Waals surface area contributed by atoms with Gasteiger partial charge in [0.25, 0.3) is 5.91 Å². The van der Waals surface area contributed by atoms with E-state index in [1.165, 1.54) is 18.2 Å². The van der Waals surface area contributed by atoms with Crippen LogP contribution in [-0.2, 0) is 0 Å². The standard InChI is InChI=1S/C15H22FNO2/c1-11(2)8-9-15(3,19)10-17-14(18)12-6-4-5-7-13(12)16/h4-7,11,19H,8-10H2,1-3H3,(H,17,18). The van der Waals surface area contributed by atoms with Crippen LogP contribution >= 0.6 is 0 Å². The molecule has 0 heterocycles. The highest BCUT2D eigenvalue weighted by atomic mass is 19.1. The van der Waals surface area contributed by atoms with Crippen molar-refractivity contribution in [1.29, 1.82) is 0 Å². The highest BCUT2D eigenvalue weighted by molar-refractivity contribution is 5.94. The molecule has 1 atom stereocenters. The average Bonchev–Trinajstić information content (AvgIpc) is 2.34. The first-order chi connectivity index (χ1) is 8.82. The molecule has 0 fully saturated rings. The topological polar surface area (TPSA) is 49.3 Å². The van der Waals surface area contributed by atoms with Gasteiger partial charge in [-0.05, 0) is 37.8 Å². The molecule has 0 saturated heterocycles. The summed E-state index contributed by atoms with van der Waals surface area (Å²) in [5.74, 6) is -0.557. The lowest BCUT2D eigenvalue weighted by Gasteiger charge is -2.24. The van der Waals surface area contributed by atoms with Gasteiger partial charge >= 0.3 is 0 Å². The number of carbonyl (C=O) groups is 1. The van der Waals surface area contributed by atoms with Crippen LogP contribution in [0.3, 0.4) is 0 Å². The Morgan fingerprint density at radius 2 is 2.05 bits per heavy atom. The van der Waals surface area contributed by atoms with Gasteiger partial charge in [-0.1, -0.05) is 26.0 Å². The van der Waals surface area contributed by atoms with E-state index in [0.717, 1.165) is 6.42 Å². The molecule has 0 aliphatic rings. The van der Waals surface area contributed by atoms with E-state index in [-0.39, 0.29) is 12.1 Å². The van der Waals surface area contributed by atoms with Crippen LogP contribution < -0.4 is 5.32 Å². The van der Waals surface area contributed by atoms with Crippen LogP contribution in [0.2, 0.25) is 0 Å². The van der Waals surface area contributed by atoms with E-state index in [4.69, 9.17) is 0 Å². The summed E-state index contributed by atoms with van der Waals surface area (Å²) in [7, 11) is 0. The minimum Gasteiger partial charge on any atom is -0.388 e. The lowest BCUT2D eigenvalue weighted by atomic mass is 9.95. The largest absolute Gasteiger partial charge is 0.388 e. The van der Waals surface area contributed by atoms with Gasteiger partial charge < -0.3 is 10.4 Å². The molecule has 106 valence electrons. The molecule has 1 unspecified atom stereocenters. The zero-order valence-corrected chi connectivity index (χ0v) is 11.7. The van der Waals surface area contributed by atoms with Crippen molar-refractivity contribution in [3.05, 3.63) is 35.6 Å². The summed E-state index contributed by atoms with van der Waals surface area (Å²) in [6.45, 7) is 5.95. The second-order valence-corrected chi connectivity index (χ2v) is 5.59. The number of nitrogens with one attached hydrogen (secondary N) is 1. The summed E-state index contributed by atoms with van der Waals surface area (Å²) in [6.07, 6.45) is 1.48. The van der Waals surface area contributed by atoms with Gasteiger partial charge in [-0.3, -0.25) is 4.79 Å². The van der Waals surface area contributed by atoms with Crippen molar-refractivity contribution in [1.82, 2.24) is 5.32 Å². The molecular formula is C15H22FNO2. The number of amides is 1. The van der Waals surface area contributed by atoms with Crippen molar-refractivity contribution in [2.75, 3.05) is 6.54 Å². The van der Waals surface area contributed by atoms with E-state index in [1.807, 2.05) is 0 Å². The van der Waals surface area contributed by atoms with Gasteiger partial charge in [0.15, 0.2) is 0 Å². The summed E-state index contributed by atoms with van der Waals surface area (Å²) < 4.78 is 13.4. The molecule has 1 amide bonds. The highest BCUT2D eigenvalue weighted by Crippen LogP contribution is 2.16. The Bertz CT molecular complexity index is 430. The van der Waals surface area contributed by atoms with Crippen LogP contribution in [-0.4, -0.2) is 23.2 Å². The van der Waals surface area contributed by atoms with E-state index in [9.17, 15) is 14.3 Å². The predicted molar refractivity (Wildman–Crippen MR) is 73.4 cm³/mol. The maximum atomic E-state index is 13.4. The molecule has 19 heavy (non-hydrogen) atoms. The summed E-state index contributed by atoms with van der Waals surface area (Å²) in [5, 5.41) is 12.7. The summed E-state index contributed by atoms with van der Waals surface area (Å²) in [4.78, 5) is 11.8. The van der Waals surface area contributed by atoms with E-state index in [2.05, 4.69) is 19.2 Å². The van der Waals surface area contributed by atoms with Crippen molar-refractivity contribution < 1.29 is 14.3 Å². The average molecular weight is 267 g/mol. The number of hydrogen-bond donors (Lipinski definition) is 2. The molecular weight excluding hydrogens is 245 g/mol. The van der Waals surface area contributed by atoms with Gasteiger partial charge in [-0.15, -0.1) is 0 Å². The molecule has 1 aromatic rings. The molecule has 0 aliphatic heterocycles. The monoisotopic (exact) mass is 267 g/mol. The Kier molecular flexibility index (Phi) is 5.48. The lowest BCUT2D eigenvalue weighted by Crippen LogP contribution is -2.41. The van der Waals surface area contributed by atoms with Gasteiger partial charge in [-0.25, -0.2) is 4.39 Å². The molecule has 4 heteroatoms. The predicted octanol–water partition coefficient (Wildman–Crippen LogP) is 2.74. The summed E-state index contributed by atoms with van der Waals surface area (Å²) in [6, 6.07) is 5.80. The van der Waals surface area contributed by atoms with E-state index in [1.54, 1.807) is 13.0 Å². The minimum absolute atomic E-state index is 0.00200. The van der Waals surface area contributed by atoms with Crippen LogP contribution in [0.1, 0.15) is 44.0 Å². The van der Waals surface area contributed by atoms with Crippen molar-refractivity contribution in [2.24, 2.45) is 5.92 Å². The van der Waals surface area contributed by atoms with Gasteiger partial charge in [0, 0.05) is 6.54 Å². The smallest absolute Gasteiger partial charge is 0.254 e. The van der Waals surface area contributed by atoms with Crippen molar-refractivity contribution in [3.63, 3.8) is 0 Å². The molecule has 2 N–H and O–H groups in total. The van der Waals surface area contributed by atoms with Gasteiger partial charge in [0.05, 0.1) is 11.2 Å². The molecule has 0 radical (unpaired) electrons. The second kappa shape index (κ2) is 6.66. The number of hydrogen-bond acceptors (Lipinski definition) is 2. The zero-order chi connectivity index (χ0) is 14.5. The maximum Gasteiger partial charge on any atom is 0.254 e. The van der Waals surface area contributed by atoms with Crippen LogP contribution in [0.15, 0.2) is 24.3 Å². The van der Waals surface area contributed by atoms with Crippen LogP contribution in [0.4, 0.5) is 4.39 Å². The Balaban J connectivity index is 2.52. The Morgan fingerprint density at radius 3 is 2.63 bits per heavy atom. The Hall–Kier alpha value is -1.42. The maximum absolute atomic E-state index is 13.4. The number of benzene rings is 1. The third kappa shape index (κ3) is 5.39. The second-order valence-electron chi connectivity index (χ2n) is 5.59. The van der Waals surface area contributed by atoms with Crippen molar-refractivity contribution >= 4 is 5.91 Å². The van der Waals surface area contributed by atoms with E-state index < -0.39 is 17.3 Å². The van der Waals surface area contributed by atoms with Crippen molar-refractivity contribution in [3.8, 4) is 0 Å². The van der Waals surface area contributed by atoms with Crippen LogP contribution in [0.25, 0.3) is 0 Å². The van der Waals surface area contributed by atoms with Gasteiger partial charge in [0.2, 0.25) is 0 Å². The molecule has 0 spiro atoms. The molecule has 1 rings (SSSR count). The normalized spacial score (nSPS) is 14.2. The summed E-state index contributed by atoms with van der Waals surface area (Å²) in [5.41, 5.74) is -0.965. The van der Waals surface area contributed by atoms with Gasteiger partial charge in [-0.2, -0.15) is 0 Å². The first-order valence-corrected chi connectivity index (χ1v) is 6.57. The fraction of sp³-hybridized carbons (Fsp3) is 0.533. The molecule has 0 bridgehead atoms. The number of rotatable bonds is 6. The summed E-state index contributed by atoms with van der Waals surface area (Å²) >= 11 is 0. The quantitative estimate of drug-likeness (QED) is 0.832. The fourth-order valence-corrected chi connectivity index (χ4v) is 1.70. The fourth-order valence-electron chi connectivity index (χ4n) is 1.70. The molecule has 1 aromatic carbocycles. The highest BCUT2D eigenvalue weighted by Gasteiger charge is 2.22. The minimum atomic E-state index is -0.967. The number of carbonyl (C=O) groups excluding carboxylic acids is 1. The first kappa shape index (κ1) is 15.6. The SMILES string of the molecule is CC(C)CCC(C)(O)CNC(=O)c1ccccc1F. The third-order valence-corrected chi connectivity index (χ3v) is 3.01. The van der Waals surface area contributed by atoms with Crippen LogP contribution in [0.5, 0.6) is 0 Å². The van der Waals surface area contributed by atoms with Gasteiger partial charge in [0.1, 0.15) is 5.82 Å².